The summed E-state index contributed by atoms with van der Waals surface area (Å²) < 4.78 is 13.1. The number of rotatable bonds is 5. The molecule has 2 aromatic carbocycles. The molecular formula is C20H17FN6. The van der Waals surface area contributed by atoms with Crippen LogP contribution in [0.15, 0.2) is 67.0 Å². The van der Waals surface area contributed by atoms with E-state index in [1.54, 1.807) is 12.1 Å². The average Bonchev–Trinajstić information content (AvgIpc) is 3.21. The SMILES string of the molecule is CN(Cc1ccc(F)cc1)c1cc(-c2nc(-c3ccccc3)n[nH]2)ncn1. The predicted octanol–water partition coefficient (Wildman–Crippen LogP) is 3.70. The zero-order chi connectivity index (χ0) is 18.6. The van der Waals surface area contributed by atoms with Crippen molar-refractivity contribution in [1.29, 1.82) is 0 Å². The minimum absolute atomic E-state index is 0.245. The first kappa shape index (κ1) is 16.8. The van der Waals surface area contributed by atoms with Gasteiger partial charge in [-0.15, -0.1) is 0 Å². The number of H-pyrrole nitrogens is 1. The van der Waals surface area contributed by atoms with Gasteiger partial charge in [0.05, 0.1) is 0 Å². The van der Waals surface area contributed by atoms with Gasteiger partial charge in [-0.2, -0.15) is 5.10 Å². The van der Waals surface area contributed by atoms with Crippen molar-refractivity contribution < 1.29 is 4.39 Å². The van der Waals surface area contributed by atoms with Gasteiger partial charge in [-0.3, -0.25) is 5.10 Å². The molecule has 0 amide bonds. The number of anilines is 1. The summed E-state index contributed by atoms with van der Waals surface area (Å²) in [5.74, 6) is 1.69. The highest BCUT2D eigenvalue weighted by molar-refractivity contribution is 5.60. The van der Waals surface area contributed by atoms with E-state index >= 15 is 0 Å². The number of benzene rings is 2. The highest BCUT2D eigenvalue weighted by Gasteiger charge is 2.11. The van der Waals surface area contributed by atoms with Crippen LogP contribution in [-0.2, 0) is 6.54 Å². The Bertz CT molecular complexity index is 1030. The largest absolute Gasteiger partial charge is 0.355 e. The average molecular weight is 360 g/mol. The summed E-state index contributed by atoms with van der Waals surface area (Å²) in [5, 5.41) is 7.20. The Kier molecular flexibility index (Phi) is 4.57. The Morgan fingerprint density at radius 3 is 2.56 bits per heavy atom. The van der Waals surface area contributed by atoms with Gasteiger partial charge in [0, 0.05) is 25.2 Å². The van der Waals surface area contributed by atoms with Gasteiger partial charge in [0.2, 0.25) is 0 Å². The van der Waals surface area contributed by atoms with E-state index in [9.17, 15) is 4.39 Å². The quantitative estimate of drug-likeness (QED) is 0.588. The molecule has 0 unspecified atom stereocenters. The fourth-order valence-electron chi connectivity index (χ4n) is 2.72. The van der Waals surface area contributed by atoms with Crippen molar-refractivity contribution in [3.05, 3.63) is 78.4 Å². The number of hydrogen-bond donors (Lipinski definition) is 1. The number of nitrogens with one attached hydrogen (secondary N) is 1. The van der Waals surface area contributed by atoms with Gasteiger partial charge in [0.15, 0.2) is 11.6 Å². The Hall–Kier alpha value is -3.61. The Labute approximate surface area is 155 Å². The first-order valence-corrected chi connectivity index (χ1v) is 8.45. The lowest BCUT2D eigenvalue weighted by Crippen LogP contribution is -2.17. The second-order valence-electron chi connectivity index (χ2n) is 6.12. The van der Waals surface area contributed by atoms with Gasteiger partial charge in [0.1, 0.15) is 23.7 Å². The highest BCUT2D eigenvalue weighted by atomic mass is 19.1. The Balaban J connectivity index is 1.55. The molecule has 6 nitrogen and oxygen atoms in total. The maximum absolute atomic E-state index is 13.1. The first-order valence-electron chi connectivity index (χ1n) is 8.45. The zero-order valence-electron chi connectivity index (χ0n) is 14.7. The van der Waals surface area contributed by atoms with Crippen LogP contribution in [0.3, 0.4) is 0 Å². The lowest BCUT2D eigenvalue weighted by atomic mass is 10.2. The molecule has 4 aromatic rings. The lowest BCUT2D eigenvalue weighted by molar-refractivity contribution is 0.627. The third kappa shape index (κ3) is 3.82. The van der Waals surface area contributed by atoms with E-state index in [1.165, 1.54) is 18.5 Å². The van der Waals surface area contributed by atoms with Gasteiger partial charge < -0.3 is 4.90 Å². The standard InChI is InChI=1S/C20H17FN6/c1-27(12-14-7-9-16(21)10-8-14)18-11-17(22-13-23-18)20-24-19(25-26-20)15-5-3-2-4-6-15/h2-11,13H,12H2,1H3,(H,24,25,26). The molecule has 7 heteroatoms. The molecule has 1 N–H and O–H groups in total. The van der Waals surface area contributed by atoms with Crippen LogP contribution in [0.4, 0.5) is 10.2 Å². The molecule has 0 spiro atoms. The summed E-state index contributed by atoms with van der Waals surface area (Å²) in [6, 6.07) is 18.0. The van der Waals surface area contributed by atoms with E-state index in [4.69, 9.17) is 0 Å². The summed E-state index contributed by atoms with van der Waals surface area (Å²) in [7, 11) is 1.92. The molecule has 0 aliphatic carbocycles. The maximum Gasteiger partial charge on any atom is 0.181 e. The fourth-order valence-corrected chi connectivity index (χ4v) is 2.72. The van der Waals surface area contributed by atoms with Gasteiger partial charge >= 0.3 is 0 Å². The fraction of sp³-hybridized carbons (Fsp3) is 0.100. The van der Waals surface area contributed by atoms with Gasteiger partial charge in [0.25, 0.3) is 0 Å². The van der Waals surface area contributed by atoms with Crippen molar-refractivity contribution in [2.75, 3.05) is 11.9 Å². The second-order valence-corrected chi connectivity index (χ2v) is 6.12. The van der Waals surface area contributed by atoms with Crippen LogP contribution >= 0.6 is 0 Å². The minimum Gasteiger partial charge on any atom is -0.355 e. The van der Waals surface area contributed by atoms with E-state index < -0.39 is 0 Å². The molecule has 0 saturated carbocycles. The van der Waals surface area contributed by atoms with Crippen LogP contribution in [0, 0.1) is 5.82 Å². The van der Waals surface area contributed by atoms with E-state index in [-0.39, 0.29) is 5.82 Å². The van der Waals surface area contributed by atoms with Crippen LogP contribution in [0.25, 0.3) is 22.9 Å². The summed E-state index contributed by atoms with van der Waals surface area (Å²) in [5.41, 5.74) is 2.58. The molecular weight excluding hydrogens is 343 g/mol. The Morgan fingerprint density at radius 1 is 1.00 bits per heavy atom. The van der Waals surface area contributed by atoms with Crippen LogP contribution < -0.4 is 4.90 Å². The minimum atomic E-state index is -0.245. The van der Waals surface area contributed by atoms with Gasteiger partial charge in [-0.05, 0) is 17.7 Å². The lowest BCUT2D eigenvalue weighted by Gasteiger charge is -2.18. The summed E-state index contributed by atoms with van der Waals surface area (Å²) in [6.07, 6.45) is 1.50. The number of halogens is 1. The van der Waals surface area contributed by atoms with Crippen LogP contribution in [-0.4, -0.2) is 32.2 Å². The molecule has 4 rings (SSSR count). The van der Waals surface area contributed by atoms with Crippen molar-refractivity contribution in [2.45, 2.75) is 6.54 Å². The third-order valence-electron chi connectivity index (χ3n) is 4.14. The van der Waals surface area contributed by atoms with Crippen molar-refractivity contribution in [3.8, 4) is 22.9 Å². The first-order chi connectivity index (χ1) is 13.2. The van der Waals surface area contributed by atoms with E-state index in [0.717, 1.165) is 16.9 Å². The van der Waals surface area contributed by atoms with Crippen LogP contribution in [0.1, 0.15) is 5.56 Å². The smallest absolute Gasteiger partial charge is 0.181 e. The molecule has 27 heavy (non-hydrogen) atoms. The Morgan fingerprint density at radius 2 is 1.78 bits per heavy atom. The molecule has 2 heterocycles. The number of aromatic nitrogens is 5. The van der Waals surface area contributed by atoms with Gasteiger partial charge in [-0.25, -0.2) is 19.3 Å². The van der Waals surface area contributed by atoms with Crippen LogP contribution in [0.5, 0.6) is 0 Å². The van der Waals surface area contributed by atoms with Crippen molar-refractivity contribution in [2.24, 2.45) is 0 Å². The molecule has 134 valence electrons. The third-order valence-corrected chi connectivity index (χ3v) is 4.14. The summed E-state index contributed by atoms with van der Waals surface area (Å²) in [6.45, 7) is 0.600. The number of aromatic amines is 1. The molecule has 0 atom stereocenters. The normalized spacial score (nSPS) is 10.7. The molecule has 0 bridgehead atoms. The van der Waals surface area contributed by atoms with E-state index in [0.29, 0.717) is 23.9 Å². The molecule has 0 radical (unpaired) electrons. The number of hydrogen-bond acceptors (Lipinski definition) is 5. The van der Waals surface area contributed by atoms with Crippen molar-refractivity contribution >= 4 is 5.82 Å². The summed E-state index contributed by atoms with van der Waals surface area (Å²) in [4.78, 5) is 15.1. The van der Waals surface area contributed by atoms with E-state index in [1.807, 2.05) is 48.3 Å². The summed E-state index contributed by atoms with van der Waals surface area (Å²) >= 11 is 0. The second kappa shape index (κ2) is 7.33. The number of nitrogens with zero attached hydrogens (tertiary/aromatic N) is 5. The maximum atomic E-state index is 13.1. The van der Waals surface area contributed by atoms with E-state index in [2.05, 4.69) is 25.1 Å². The van der Waals surface area contributed by atoms with Gasteiger partial charge in [-0.1, -0.05) is 42.5 Å². The molecule has 0 aliphatic heterocycles. The predicted molar refractivity (Wildman–Crippen MR) is 101 cm³/mol. The van der Waals surface area contributed by atoms with Crippen molar-refractivity contribution in [3.63, 3.8) is 0 Å². The molecule has 0 fully saturated rings. The molecule has 2 aromatic heterocycles. The zero-order valence-corrected chi connectivity index (χ0v) is 14.7. The topological polar surface area (TPSA) is 70.6 Å². The van der Waals surface area contributed by atoms with Crippen molar-refractivity contribution in [1.82, 2.24) is 25.1 Å². The highest BCUT2D eigenvalue weighted by Crippen LogP contribution is 2.21. The monoisotopic (exact) mass is 360 g/mol. The molecule has 0 aliphatic rings. The molecule has 0 saturated heterocycles. The van der Waals surface area contributed by atoms with Crippen LogP contribution in [0.2, 0.25) is 0 Å².